The smallest absolute Gasteiger partial charge is 0.247 e. The largest absolute Gasteiger partial charge is 0.391 e. The minimum atomic E-state index is -1.35. The van der Waals surface area contributed by atoms with Crippen molar-refractivity contribution in [3.05, 3.63) is 35.4 Å². The van der Waals surface area contributed by atoms with Crippen LogP contribution in [0.5, 0.6) is 0 Å². The summed E-state index contributed by atoms with van der Waals surface area (Å²) in [6.45, 7) is 5.32. The SMILES string of the molecule is Cc1cccc(C[C@]2(C(=O)NC(C(N)=O)C(C)O)CCCN2C(=O)[C@@H]2CCCN2C(=O)C(N)C(C)O)c1. The molecule has 0 radical (unpaired) electrons. The predicted molar refractivity (Wildman–Crippen MR) is 136 cm³/mol. The number of nitrogens with two attached hydrogens (primary N) is 2. The number of primary amides is 1. The van der Waals surface area contributed by atoms with Crippen molar-refractivity contribution in [3.8, 4) is 0 Å². The molecule has 37 heavy (non-hydrogen) atoms. The van der Waals surface area contributed by atoms with Crippen molar-refractivity contribution in [2.24, 2.45) is 11.5 Å². The van der Waals surface area contributed by atoms with Crippen LogP contribution in [0.25, 0.3) is 0 Å². The molecule has 2 fully saturated rings. The van der Waals surface area contributed by atoms with Crippen LogP contribution in [0.2, 0.25) is 0 Å². The fraction of sp³-hybridized carbons (Fsp3) is 0.615. The van der Waals surface area contributed by atoms with E-state index >= 15 is 0 Å². The fourth-order valence-electron chi connectivity index (χ4n) is 5.43. The number of carbonyl (C=O) groups is 4. The minimum absolute atomic E-state index is 0.186. The van der Waals surface area contributed by atoms with E-state index in [0.717, 1.165) is 11.1 Å². The zero-order valence-corrected chi connectivity index (χ0v) is 21.7. The summed E-state index contributed by atoms with van der Waals surface area (Å²) in [5, 5.41) is 22.5. The van der Waals surface area contributed by atoms with E-state index < -0.39 is 53.6 Å². The van der Waals surface area contributed by atoms with Gasteiger partial charge in [0.25, 0.3) is 0 Å². The third-order valence-corrected chi connectivity index (χ3v) is 7.46. The van der Waals surface area contributed by atoms with Gasteiger partial charge in [-0.15, -0.1) is 0 Å². The molecule has 2 heterocycles. The van der Waals surface area contributed by atoms with Gasteiger partial charge in [-0.3, -0.25) is 19.2 Å². The lowest BCUT2D eigenvalue weighted by molar-refractivity contribution is -0.152. The van der Waals surface area contributed by atoms with E-state index in [1.54, 1.807) is 0 Å². The van der Waals surface area contributed by atoms with E-state index in [-0.39, 0.29) is 18.9 Å². The van der Waals surface area contributed by atoms with Crippen molar-refractivity contribution in [1.82, 2.24) is 15.1 Å². The number of carbonyl (C=O) groups excluding carboxylic acids is 4. The molecule has 6 atom stereocenters. The third-order valence-electron chi connectivity index (χ3n) is 7.46. The Bertz CT molecular complexity index is 1030. The van der Waals surface area contributed by atoms with Gasteiger partial charge in [0.15, 0.2) is 0 Å². The molecule has 4 unspecified atom stereocenters. The topological polar surface area (TPSA) is 179 Å². The first-order valence-electron chi connectivity index (χ1n) is 12.8. The number of nitrogens with one attached hydrogen (secondary N) is 1. The number of aliphatic hydroxyl groups is 2. The van der Waals surface area contributed by atoms with Gasteiger partial charge in [0, 0.05) is 19.5 Å². The second-order valence-electron chi connectivity index (χ2n) is 10.3. The Kier molecular flexibility index (Phi) is 8.93. The predicted octanol–water partition coefficient (Wildman–Crippen LogP) is -1.05. The molecule has 11 heteroatoms. The van der Waals surface area contributed by atoms with Gasteiger partial charge in [0.05, 0.1) is 12.2 Å². The summed E-state index contributed by atoms with van der Waals surface area (Å²) in [5.74, 6) is -2.36. The molecule has 2 saturated heterocycles. The highest BCUT2D eigenvalue weighted by molar-refractivity contribution is 5.98. The fourth-order valence-corrected chi connectivity index (χ4v) is 5.43. The number of hydrogen-bond acceptors (Lipinski definition) is 7. The summed E-state index contributed by atoms with van der Waals surface area (Å²) < 4.78 is 0. The maximum atomic E-state index is 14.0. The third kappa shape index (κ3) is 5.94. The summed E-state index contributed by atoms with van der Waals surface area (Å²) in [7, 11) is 0. The summed E-state index contributed by atoms with van der Waals surface area (Å²) in [5.41, 5.74) is 11.8. The van der Waals surface area contributed by atoms with E-state index in [1.165, 1.54) is 23.6 Å². The van der Waals surface area contributed by atoms with Crippen LogP contribution in [0.3, 0.4) is 0 Å². The molecule has 7 N–H and O–H groups in total. The van der Waals surface area contributed by atoms with Crippen LogP contribution < -0.4 is 16.8 Å². The van der Waals surface area contributed by atoms with Crippen LogP contribution in [0, 0.1) is 6.92 Å². The van der Waals surface area contributed by atoms with Crippen LogP contribution in [0.4, 0.5) is 0 Å². The maximum absolute atomic E-state index is 14.0. The second-order valence-corrected chi connectivity index (χ2v) is 10.3. The van der Waals surface area contributed by atoms with Crippen molar-refractivity contribution in [2.45, 2.75) is 88.7 Å². The summed E-state index contributed by atoms with van der Waals surface area (Å²) in [6, 6.07) is 4.30. The number of rotatable bonds is 9. The molecule has 0 spiro atoms. The molecule has 11 nitrogen and oxygen atoms in total. The Morgan fingerprint density at radius 3 is 2.43 bits per heavy atom. The van der Waals surface area contributed by atoms with Crippen LogP contribution in [-0.4, -0.2) is 92.6 Å². The highest BCUT2D eigenvalue weighted by atomic mass is 16.3. The van der Waals surface area contributed by atoms with Gasteiger partial charge in [0.2, 0.25) is 23.6 Å². The lowest BCUT2D eigenvalue weighted by atomic mass is 9.85. The molecule has 0 aliphatic carbocycles. The van der Waals surface area contributed by atoms with Crippen molar-refractivity contribution < 1.29 is 29.4 Å². The Morgan fingerprint density at radius 1 is 1.14 bits per heavy atom. The Balaban J connectivity index is 1.98. The Labute approximate surface area is 217 Å². The molecule has 0 bridgehead atoms. The number of aliphatic hydroxyl groups excluding tert-OH is 2. The van der Waals surface area contributed by atoms with Gasteiger partial charge in [-0.1, -0.05) is 29.8 Å². The molecule has 204 valence electrons. The number of hydrogen-bond donors (Lipinski definition) is 5. The Morgan fingerprint density at radius 2 is 1.84 bits per heavy atom. The number of likely N-dealkylation sites (tertiary alicyclic amines) is 2. The van der Waals surface area contributed by atoms with Crippen molar-refractivity contribution in [1.29, 1.82) is 0 Å². The summed E-state index contributed by atoms with van der Waals surface area (Å²) >= 11 is 0. The lowest BCUT2D eigenvalue weighted by Gasteiger charge is -2.41. The highest BCUT2D eigenvalue weighted by Gasteiger charge is 2.53. The van der Waals surface area contributed by atoms with Gasteiger partial charge in [0.1, 0.15) is 23.7 Å². The van der Waals surface area contributed by atoms with E-state index in [9.17, 15) is 29.4 Å². The van der Waals surface area contributed by atoms with Gasteiger partial charge < -0.3 is 36.8 Å². The van der Waals surface area contributed by atoms with E-state index in [1.807, 2.05) is 31.2 Å². The molecule has 2 aliphatic heterocycles. The zero-order chi connectivity index (χ0) is 27.5. The van der Waals surface area contributed by atoms with Crippen molar-refractivity contribution in [2.75, 3.05) is 13.1 Å². The first-order chi connectivity index (χ1) is 17.4. The van der Waals surface area contributed by atoms with Crippen LogP contribution in [0.15, 0.2) is 24.3 Å². The first-order valence-corrected chi connectivity index (χ1v) is 12.8. The van der Waals surface area contributed by atoms with Gasteiger partial charge in [-0.2, -0.15) is 0 Å². The molecule has 3 rings (SSSR count). The normalized spacial score (nSPS) is 24.9. The van der Waals surface area contributed by atoms with Crippen LogP contribution in [0.1, 0.15) is 50.7 Å². The molecular weight excluding hydrogens is 478 g/mol. The zero-order valence-electron chi connectivity index (χ0n) is 21.7. The molecule has 1 aromatic carbocycles. The summed E-state index contributed by atoms with van der Waals surface area (Å²) in [6.07, 6.45) is -0.253. The average Bonchev–Trinajstić information content (AvgIpc) is 3.48. The number of aryl methyl sites for hydroxylation is 1. The van der Waals surface area contributed by atoms with E-state index in [2.05, 4.69) is 5.32 Å². The van der Waals surface area contributed by atoms with Crippen LogP contribution in [-0.2, 0) is 25.6 Å². The highest BCUT2D eigenvalue weighted by Crippen LogP contribution is 2.36. The molecule has 0 saturated carbocycles. The quantitative estimate of drug-likeness (QED) is 0.277. The second kappa shape index (κ2) is 11.6. The Hall–Kier alpha value is -3.02. The van der Waals surface area contributed by atoms with E-state index in [0.29, 0.717) is 32.2 Å². The van der Waals surface area contributed by atoms with Gasteiger partial charge >= 0.3 is 0 Å². The molecule has 0 aromatic heterocycles. The van der Waals surface area contributed by atoms with Crippen LogP contribution >= 0.6 is 0 Å². The van der Waals surface area contributed by atoms with Crippen molar-refractivity contribution >= 4 is 23.6 Å². The van der Waals surface area contributed by atoms with Crippen molar-refractivity contribution in [3.63, 3.8) is 0 Å². The van der Waals surface area contributed by atoms with E-state index in [4.69, 9.17) is 11.5 Å². The first kappa shape index (κ1) is 28.5. The summed E-state index contributed by atoms with van der Waals surface area (Å²) in [4.78, 5) is 55.7. The minimum Gasteiger partial charge on any atom is -0.391 e. The average molecular weight is 518 g/mol. The number of benzene rings is 1. The standard InChI is InChI=1S/C26H39N5O6/c1-15-7-4-8-18(13-15)14-26(25(37)29-21(17(3)33)22(28)34)10-6-12-31(26)23(35)19-9-5-11-30(19)24(36)20(27)16(2)32/h4,7-8,13,16-17,19-21,32-33H,5-6,9-12,14,27H2,1-3H3,(H2,28,34)(H,29,37)/t16?,17?,19-,20?,21?,26-/m0/s1. The van der Waals surface area contributed by atoms with Gasteiger partial charge in [-0.25, -0.2) is 0 Å². The number of nitrogens with zero attached hydrogens (tertiary/aromatic N) is 2. The molecule has 2 aliphatic rings. The van der Waals surface area contributed by atoms with Gasteiger partial charge in [-0.05, 0) is 52.0 Å². The number of amides is 4. The molecule has 4 amide bonds. The lowest BCUT2D eigenvalue weighted by Crippen LogP contribution is -2.65. The monoisotopic (exact) mass is 517 g/mol. The maximum Gasteiger partial charge on any atom is 0.247 e. The molecule has 1 aromatic rings. The molecular formula is C26H39N5O6.